The number of nitrogens with one attached hydrogen (secondary N) is 1. The fourth-order valence-corrected chi connectivity index (χ4v) is 3.17. The van der Waals surface area contributed by atoms with Crippen LogP contribution in [0.5, 0.6) is 0 Å². The summed E-state index contributed by atoms with van der Waals surface area (Å²) in [6, 6.07) is 0.112. The first-order chi connectivity index (χ1) is 7.97. The number of nitrogens with zero attached hydrogens (tertiary/aromatic N) is 1. The highest BCUT2D eigenvalue weighted by Gasteiger charge is 2.36. The van der Waals surface area contributed by atoms with Gasteiger partial charge in [0.25, 0.3) is 0 Å². The zero-order valence-corrected chi connectivity index (χ0v) is 11.0. The lowest BCUT2D eigenvalue weighted by Crippen LogP contribution is -2.38. The molecule has 1 aliphatic carbocycles. The smallest absolute Gasteiger partial charge is 0.216 e. The minimum Gasteiger partial charge on any atom is -0.388 e. The van der Waals surface area contributed by atoms with Crippen molar-refractivity contribution in [1.29, 1.82) is 5.41 Å². The van der Waals surface area contributed by atoms with Gasteiger partial charge in [0.2, 0.25) is 10.0 Å². The summed E-state index contributed by atoms with van der Waals surface area (Å²) in [5, 5.41) is 7.15. The highest BCUT2D eigenvalue weighted by atomic mass is 32.2. The summed E-state index contributed by atoms with van der Waals surface area (Å²) in [5.41, 5.74) is 5.26. The molecule has 0 aliphatic heterocycles. The van der Waals surface area contributed by atoms with E-state index in [1.807, 2.05) is 6.92 Å². The molecule has 1 fully saturated rings. The maximum absolute atomic E-state index is 12.0. The quantitative estimate of drug-likeness (QED) is 0.351. The van der Waals surface area contributed by atoms with E-state index in [1.54, 1.807) is 0 Å². The molecule has 1 aliphatic rings. The lowest BCUT2D eigenvalue weighted by Gasteiger charge is -2.21. The van der Waals surface area contributed by atoms with Gasteiger partial charge in [-0.15, -0.1) is 0 Å². The molecular weight excluding hydrogens is 242 g/mol. The van der Waals surface area contributed by atoms with Gasteiger partial charge in [-0.25, -0.2) is 8.42 Å². The van der Waals surface area contributed by atoms with Crippen molar-refractivity contribution in [3.8, 4) is 0 Å². The van der Waals surface area contributed by atoms with Gasteiger partial charge in [0.05, 0.1) is 18.2 Å². The lowest BCUT2D eigenvalue weighted by molar-refractivity contribution is 0.162. The molecule has 0 aromatic carbocycles. The Bertz CT molecular complexity index is 352. The maximum atomic E-state index is 12.0. The van der Waals surface area contributed by atoms with Gasteiger partial charge in [0.15, 0.2) is 0 Å². The molecule has 17 heavy (non-hydrogen) atoms. The van der Waals surface area contributed by atoms with Crippen LogP contribution < -0.4 is 5.73 Å². The molecule has 1 saturated carbocycles. The summed E-state index contributed by atoms with van der Waals surface area (Å²) in [5.74, 6) is 0.0329. The lowest BCUT2D eigenvalue weighted by atomic mass is 10.4. The van der Waals surface area contributed by atoms with Crippen molar-refractivity contribution in [2.75, 3.05) is 25.5 Å². The largest absolute Gasteiger partial charge is 0.388 e. The molecule has 100 valence electrons. The monoisotopic (exact) mass is 263 g/mol. The topological polar surface area (TPSA) is 96.5 Å². The van der Waals surface area contributed by atoms with Gasteiger partial charge in [0, 0.05) is 25.6 Å². The standard InChI is InChI=1S/C10H21N3O3S/c1-2-16-7-8-17(14,15)13(9-3-4-9)6-5-10(11)12/h9H,2-8H2,1H3,(H3,11,12). The first-order valence-electron chi connectivity index (χ1n) is 5.87. The minimum absolute atomic E-state index is 0.00917. The number of ether oxygens (including phenoxy) is 1. The van der Waals surface area contributed by atoms with Crippen LogP contribution in [0, 0.1) is 5.41 Å². The summed E-state index contributed by atoms with van der Waals surface area (Å²) < 4.78 is 30.6. The third kappa shape index (κ3) is 5.01. The summed E-state index contributed by atoms with van der Waals surface area (Å²) in [7, 11) is -3.27. The van der Waals surface area contributed by atoms with Crippen LogP contribution in [-0.2, 0) is 14.8 Å². The molecule has 0 aromatic heterocycles. The second kappa shape index (κ2) is 6.32. The van der Waals surface area contributed by atoms with Crippen molar-refractivity contribution in [1.82, 2.24) is 4.31 Å². The van der Waals surface area contributed by atoms with Crippen LogP contribution in [0.2, 0.25) is 0 Å². The Balaban J connectivity index is 2.52. The predicted molar refractivity (Wildman–Crippen MR) is 66.5 cm³/mol. The Kier molecular flexibility index (Phi) is 5.35. The summed E-state index contributed by atoms with van der Waals surface area (Å²) in [4.78, 5) is 0. The minimum atomic E-state index is -3.27. The zero-order chi connectivity index (χ0) is 12.9. The Labute approximate surface area is 103 Å². The Morgan fingerprint density at radius 2 is 2.18 bits per heavy atom. The fraction of sp³-hybridized carbons (Fsp3) is 0.900. The van der Waals surface area contributed by atoms with Gasteiger partial charge >= 0.3 is 0 Å². The molecule has 0 heterocycles. The van der Waals surface area contributed by atoms with Crippen LogP contribution in [0.1, 0.15) is 26.2 Å². The van der Waals surface area contributed by atoms with Crippen LogP contribution in [0.4, 0.5) is 0 Å². The maximum Gasteiger partial charge on any atom is 0.216 e. The number of hydrogen-bond donors (Lipinski definition) is 2. The molecule has 0 bridgehead atoms. The first kappa shape index (κ1) is 14.4. The molecule has 3 N–H and O–H groups in total. The molecular formula is C10H21N3O3S. The zero-order valence-electron chi connectivity index (χ0n) is 10.2. The van der Waals surface area contributed by atoms with E-state index in [-0.39, 0.29) is 24.2 Å². The van der Waals surface area contributed by atoms with E-state index in [9.17, 15) is 8.42 Å². The van der Waals surface area contributed by atoms with Gasteiger partial charge in [-0.05, 0) is 19.8 Å². The van der Waals surface area contributed by atoms with Gasteiger partial charge in [-0.3, -0.25) is 5.41 Å². The number of nitrogens with two attached hydrogens (primary N) is 1. The Morgan fingerprint density at radius 3 is 2.65 bits per heavy atom. The third-order valence-corrected chi connectivity index (χ3v) is 4.48. The molecule has 1 rings (SSSR count). The van der Waals surface area contributed by atoms with Crippen molar-refractivity contribution >= 4 is 15.9 Å². The second-order valence-electron chi connectivity index (χ2n) is 4.13. The molecule has 7 heteroatoms. The van der Waals surface area contributed by atoms with Crippen molar-refractivity contribution < 1.29 is 13.2 Å². The van der Waals surface area contributed by atoms with E-state index in [0.29, 0.717) is 19.6 Å². The van der Waals surface area contributed by atoms with E-state index < -0.39 is 10.0 Å². The third-order valence-electron chi connectivity index (χ3n) is 2.60. The van der Waals surface area contributed by atoms with E-state index >= 15 is 0 Å². The van der Waals surface area contributed by atoms with E-state index in [4.69, 9.17) is 15.9 Å². The molecule has 0 atom stereocenters. The van der Waals surface area contributed by atoms with Crippen LogP contribution in [-0.4, -0.2) is 50.1 Å². The summed E-state index contributed by atoms with van der Waals surface area (Å²) in [6.45, 7) is 2.89. The van der Waals surface area contributed by atoms with Crippen LogP contribution >= 0.6 is 0 Å². The molecule has 0 aromatic rings. The Morgan fingerprint density at radius 1 is 1.53 bits per heavy atom. The first-order valence-corrected chi connectivity index (χ1v) is 7.48. The van der Waals surface area contributed by atoms with E-state index in [1.165, 1.54) is 4.31 Å². The van der Waals surface area contributed by atoms with Crippen LogP contribution in [0.15, 0.2) is 0 Å². The highest BCUT2D eigenvalue weighted by Crippen LogP contribution is 2.29. The second-order valence-corrected chi connectivity index (χ2v) is 6.17. The number of hydrogen-bond acceptors (Lipinski definition) is 4. The molecule has 0 spiro atoms. The molecule has 0 amide bonds. The van der Waals surface area contributed by atoms with Gasteiger partial charge in [0.1, 0.15) is 0 Å². The summed E-state index contributed by atoms with van der Waals surface area (Å²) in [6.07, 6.45) is 2.11. The van der Waals surface area contributed by atoms with E-state index in [2.05, 4.69) is 0 Å². The van der Waals surface area contributed by atoms with E-state index in [0.717, 1.165) is 12.8 Å². The van der Waals surface area contributed by atoms with Crippen molar-refractivity contribution in [2.24, 2.45) is 5.73 Å². The molecule has 0 radical (unpaired) electrons. The van der Waals surface area contributed by atoms with Crippen molar-refractivity contribution in [3.05, 3.63) is 0 Å². The number of sulfonamides is 1. The number of amidine groups is 1. The van der Waals surface area contributed by atoms with Gasteiger partial charge in [-0.2, -0.15) is 4.31 Å². The van der Waals surface area contributed by atoms with Crippen LogP contribution in [0.3, 0.4) is 0 Å². The molecule has 6 nitrogen and oxygen atoms in total. The van der Waals surface area contributed by atoms with Gasteiger partial charge in [-0.1, -0.05) is 0 Å². The highest BCUT2D eigenvalue weighted by molar-refractivity contribution is 7.89. The molecule has 0 unspecified atom stereocenters. The number of rotatable bonds is 9. The van der Waals surface area contributed by atoms with Crippen molar-refractivity contribution in [3.63, 3.8) is 0 Å². The summed E-state index contributed by atoms with van der Waals surface area (Å²) >= 11 is 0. The van der Waals surface area contributed by atoms with Crippen molar-refractivity contribution in [2.45, 2.75) is 32.2 Å². The molecule has 0 saturated heterocycles. The average Bonchev–Trinajstić information content (AvgIpc) is 3.01. The normalized spacial score (nSPS) is 16.4. The SMILES string of the molecule is CCOCCS(=O)(=O)N(CCC(=N)N)C1CC1. The predicted octanol–water partition coefficient (Wildman–Crippen LogP) is 0.143. The Hall–Kier alpha value is -0.660. The van der Waals surface area contributed by atoms with Gasteiger partial charge < -0.3 is 10.5 Å². The van der Waals surface area contributed by atoms with Crippen LogP contribution in [0.25, 0.3) is 0 Å². The average molecular weight is 263 g/mol. The fourth-order valence-electron chi connectivity index (χ4n) is 1.57.